The molecule has 2 heteroatoms. The molecule has 2 aromatic carbocycles. The maximum absolute atomic E-state index is 6.27. The SMILES string of the molecule is CCCCC(CC)COc1ccc(OCC(CC)CCCC)c2ccccc12. The Hall–Kier alpha value is -1.70. The van der Waals surface area contributed by atoms with E-state index in [4.69, 9.17) is 9.47 Å². The number of hydrogen-bond donors (Lipinski definition) is 0. The fourth-order valence-corrected chi connectivity index (χ4v) is 3.71. The fraction of sp³-hybridized carbons (Fsp3) is 0.615. The fourth-order valence-electron chi connectivity index (χ4n) is 3.71. The summed E-state index contributed by atoms with van der Waals surface area (Å²) in [6.07, 6.45) is 9.93. The van der Waals surface area contributed by atoms with Crippen molar-refractivity contribution >= 4 is 10.8 Å². The molecule has 0 aliphatic carbocycles. The van der Waals surface area contributed by atoms with E-state index in [0.717, 1.165) is 35.5 Å². The Morgan fingerprint density at radius 2 is 1.07 bits per heavy atom. The second-order valence-corrected chi connectivity index (χ2v) is 8.06. The lowest BCUT2D eigenvalue weighted by atomic mass is 10.0. The number of ether oxygens (including phenoxy) is 2. The zero-order chi connectivity index (χ0) is 20.2. The third-order valence-corrected chi connectivity index (χ3v) is 5.88. The van der Waals surface area contributed by atoms with Gasteiger partial charge in [-0.05, 0) is 36.8 Å². The highest BCUT2D eigenvalue weighted by Gasteiger charge is 2.13. The second-order valence-electron chi connectivity index (χ2n) is 8.06. The van der Waals surface area contributed by atoms with Crippen molar-refractivity contribution in [2.45, 2.75) is 79.1 Å². The van der Waals surface area contributed by atoms with Crippen molar-refractivity contribution in [3.8, 4) is 11.5 Å². The lowest BCUT2D eigenvalue weighted by Crippen LogP contribution is -2.12. The summed E-state index contributed by atoms with van der Waals surface area (Å²) in [5, 5.41) is 2.32. The van der Waals surface area contributed by atoms with Crippen LogP contribution in [-0.4, -0.2) is 13.2 Å². The summed E-state index contributed by atoms with van der Waals surface area (Å²) in [4.78, 5) is 0. The van der Waals surface area contributed by atoms with Crippen molar-refractivity contribution in [1.82, 2.24) is 0 Å². The van der Waals surface area contributed by atoms with Gasteiger partial charge in [0.1, 0.15) is 11.5 Å². The van der Waals surface area contributed by atoms with Crippen molar-refractivity contribution in [1.29, 1.82) is 0 Å². The zero-order valence-electron chi connectivity index (χ0n) is 18.5. The number of rotatable bonds is 14. The van der Waals surface area contributed by atoms with Crippen molar-refractivity contribution in [2.24, 2.45) is 11.8 Å². The second kappa shape index (κ2) is 12.7. The maximum Gasteiger partial charge on any atom is 0.127 e. The van der Waals surface area contributed by atoms with E-state index in [0.29, 0.717) is 11.8 Å². The Labute approximate surface area is 172 Å². The number of fused-ring (bicyclic) bond motifs is 1. The van der Waals surface area contributed by atoms with Gasteiger partial charge in [0.05, 0.1) is 13.2 Å². The first kappa shape index (κ1) is 22.6. The van der Waals surface area contributed by atoms with E-state index in [-0.39, 0.29) is 0 Å². The summed E-state index contributed by atoms with van der Waals surface area (Å²) in [6, 6.07) is 12.7. The van der Waals surface area contributed by atoms with Crippen LogP contribution < -0.4 is 9.47 Å². The highest BCUT2D eigenvalue weighted by atomic mass is 16.5. The minimum Gasteiger partial charge on any atom is -0.493 e. The average molecular weight is 385 g/mol. The van der Waals surface area contributed by atoms with Gasteiger partial charge >= 0.3 is 0 Å². The van der Waals surface area contributed by atoms with Crippen molar-refractivity contribution in [3.05, 3.63) is 36.4 Å². The first-order valence-corrected chi connectivity index (χ1v) is 11.5. The predicted molar refractivity (Wildman–Crippen MR) is 122 cm³/mol. The summed E-state index contributed by atoms with van der Waals surface area (Å²) in [7, 11) is 0. The third kappa shape index (κ3) is 6.72. The summed E-state index contributed by atoms with van der Waals surface area (Å²) >= 11 is 0. The maximum atomic E-state index is 6.27. The number of hydrogen-bond acceptors (Lipinski definition) is 2. The van der Waals surface area contributed by atoms with Crippen molar-refractivity contribution < 1.29 is 9.47 Å². The number of benzene rings is 2. The van der Waals surface area contributed by atoms with Crippen LogP contribution in [0.25, 0.3) is 10.8 Å². The quantitative estimate of drug-likeness (QED) is 0.328. The van der Waals surface area contributed by atoms with E-state index >= 15 is 0 Å². The van der Waals surface area contributed by atoms with E-state index in [1.54, 1.807) is 0 Å². The topological polar surface area (TPSA) is 18.5 Å². The Balaban J connectivity index is 2.09. The molecule has 2 unspecified atom stereocenters. The molecule has 0 aliphatic rings. The van der Waals surface area contributed by atoms with Crippen LogP contribution in [0.1, 0.15) is 79.1 Å². The molecule has 0 fully saturated rings. The number of unbranched alkanes of at least 4 members (excludes halogenated alkanes) is 2. The Kier molecular flexibility index (Phi) is 10.2. The molecule has 2 aromatic rings. The lowest BCUT2D eigenvalue weighted by molar-refractivity contribution is 0.231. The molecule has 0 spiro atoms. The van der Waals surface area contributed by atoms with Gasteiger partial charge in [-0.15, -0.1) is 0 Å². The van der Waals surface area contributed by atoms with Crippen LogP contribution in [0.15, 0.2) is 36.4 Å². The highest BCUT2D eigenvalue weighted by Crippen LogP contribution is 2.34. The molecule has 0 radical (unpaired) electrons. The van der Waals surface area contributed by atoms with Gasteiger partial charge in [-0.3, -0.25) is 0 Å². The van der Waals surface area contributed by atoms with Crippen molar-refractivity contribution in [2.75, 3.05) is 13.2 Å². The van der Waals surface area contributed by atoms with Gasteiger partial charge in [0.15, 0.2) is 0 Å². The highest BCUT2D eigenvalue weighted by molar-refractivity contribution is 5.93. The molecule has 0 saturated heterocycles. The van der Waals surface area contributed by atoms with E-state index in [2.05, 4.69) is 64.1 Å². The van der Waals surface area contributed by atoms with Gasteiger partial charge in [-0.2, -0.15) is 0 Å². The molecule has 28 heavy (non-hydrogen) atoms. The normalized spacial score (nSPS) is 13.4. The molecule has 0 aromatic heterocycles. The molecule has 2 atom stereocenters. The first-order valence-electron chi connectivity index (χ1n) is 11.5. The lowest BCUT2D eigenvalue weighted by Gasteiger charge is -2.19. The minimum absolute atomic E-state index is 0.638. The van der Waals surface area contributed by atoms with Crippen molar-refractivity contribution in [3.63, 3.8) is 0 Å². The van der Waals surface area contributed by atoms with Gasteiger partial charge in [0, 0.05) is 10.8 Å². The molecule has 0 amide bonds. The van der Waals surface area contributed by atoms with Crippen LogP contribution in [0.4, 0.5) is 0 Å². The summed E-state index contributed by atoms with van der Waals surface area (Å²) in [5.41, 5.74) is 0. The molecule has 0 heterocycles. The van der Waals surface area contributed by atoms with Gasteiger partial charge in [0.25, 0.3) is 0 Å². The zero-order valence-corrected chi connectivity index (χ0v) is 18.5. The molecule has 156 valence electrons. The molecule has 2 rings (SSSR count). The van der Waals surface area contributed by atoms with Gasteiger partial charge in [-0.1, -0.05) is 90.5 Å². The Morgan fingerprint density at radius 3 is 1.43 bits per heavy atom. The van der Waals surface area contributed by atoms with Crippen LogP contribution in [-0.2, 0) is 0 Å². The minimum atomic E-state index is 0.638. The summed E-state index contributed by atoms with van der Waals surface area (Å²) in [6.45, 7) is 10.6. The van der Waals surface area contributed by atoms with Gasteiger partial charge < -0.3 is 9.47 Å². The third-order valence-electron chi connectivity index (χ3n) is 5.88. The summed E-state index contributed by atoms with van der Waals surface area (Å²) in [5.74, 6) is 3.24. The van der Waals surface area contributed by atoms with E-state index in [1.165, 1.54) is 51.4 Å². The molecule has 0 saturated carbocycles. The van der Waals surface area contributed by atoms with Crippen LogP contribution in [0, 0.1) is 11.8 Å². The Bertz CT molecular complexity index is 621. The standard InChI is InChI=1S/C26H40O2/c1-5-9-13-21(7-3)19-27-25-17-18-26(24-16-12-11-15-23(24)25)28-20-22(8-4)14-10-6-2/h11-12,15-18,21-22H,5-10,13-14,19-20H2,1-4H3. The van der Waals surface area contributed by atoms with Crippen LogP contribution in [0.2, 0.25) is 0 Å². The van der Waals surface area contributed by atoms with Crippen LogP contribution >= 0.6 is 0 Å². The first-order chi connectivity index (χ1) is 13.7. The monoisotopic (exact) mass is 384 g/mol. The molecule has 0 bridgehead atoms. The molecule has 0 aliphatic heterocycles. The molecular formula is C26H40O2. The van der Waals surface area contributed by atoms with E-state index in [1.807, 2.05) is 0 Å². The molecular weight excluding hydrogens is 344 g/mol. The largest absolute Gasteiger partial charge is 0.493 e. The van der Waals surface area contributed by atoms with Gasteiger partial charge in [-0.25, -0.2) is 0 Å². The predicted octanol–water partition coefficient (Wildman–Crippen LogP) is 8.03. The molecule has 0 N–H and O–H groups in total. The van der Waals surface area contributed by atoms with E-state index < -0.39 is 0 Å². The van der Waals surface area contributed by atoms with E-state index in [9.17, 15) is 0 Å². The van der Waals surface area contributed by atoms with Crippen LogP contribution in [0.3, 0.4) is 0 Å². The Morgan fingerprint density at radius 1 is 0.643 bits per heavy atom. The molecule has 2 nitrogen and oxygen atoms in total. The van der Waals surface area contributed by atoms with Crippen LogP contribution in [0.5, 0.6) is 11.5 Å². The van der Waals surface area contributed by atoms with Gasteiger partial charge in [0.2, 0.25) is 0 Å². The average Bonchev–Trinajstić information content (AvgIpc) is 2.74. The smallest absolute Gasteiger partial charge is 0.127 e. The summed E-state index contributed by atoms with van der Waals surface area (Å²) < 4.78 is 12.5.